The lowest BCUT2D eigenvalue weighted by atomic mass is 9.93. The first-order valence-electron chi connectivity index (χ1n) is 10.2. The molecule has 1 aromatic carbocycles. The highest BCUT2D eigenvalue weighted by Gasteiger charge is 2.29. The molecular formula is C21H28ClN5O2. The Bertz CT molecular complexity index is 855. The van der Waals surface area contributed by atoms with E-state index < -0.39 is 0 Å². The number of nitrogens with zero attached hydrogens (tertiary/aromatic N) is 4. The van der Waals surface area contributed by atoms with Gasteiger partial charge in [0.25, 0.3) is 0 Å². The number of hydrogen-bond donors (Lipinski definition) is 1. The van der Waals surface area contributed by atoms with E-state index in [-0.39, 0.29) is 0 Å². The Balaban J connectivity index is 1.43. The average molecular weight is 418 g/mol. The third-order valence-electron chi connectivity index (χ3n) is 5.65. The van der Waals surface area contributed by atoms with Gasteiger partial charge in [0.05, 0.1) is 30.6 Å². The van der Waals surface area contributed by atoms with E-state index in [1.165, 1.54) is 0 Å². The second kappa shape index (κ2) is 8.95. The van der Waals surface area contributed by atoms with Crippen molar-refractivity contribution < 1.29 is 9.47 Å². The van der Waals surface area contributed by atoms with Gasteiger partial charge >= 0.3 is 0 Å². The molecule has 3 heterocycles. The Morgan fingerprint density at radius 2 is 2.21 bits per heavy atom. The molecule has 0 bridgehead atoms. The minimum absolute atomic E-state index is 0.386. The van der Waals surface area contributed by atoms with E-state index in [1.807, 2.05) is 37.9 Å². The van der Waals surface area contributed by atoms with E-state index in [2.05, 4.69) is 31.7 Å². The van der Waals surface area contributed by atoms with Crippen molar-refractivity contribution in [2.45, 2.75) is 32.4 Å². The predicted octanol–water partition coefficient (Wildman–Crippen LogP) is 3.36. The minimum atomic E-state index is 0.386. The molecule has 156 valence electrons. The van der Waals surface area contributed by atoms with E-state index in [1.54, 1.807) is 0 Å². The molecule has 4 rings (SSSR count). The molecule has 1 saturated heterocycles. The van der Waals surface area contributed by atoms with E-state index in [0.29, 0.717) is 48.2 Å². The van der Waals surface area contributed by atoms with Crippen LogP contribution in [0.15, 0.2) is 35.8 Å². The summed E-state index contributed by atoms with van der Waals surface area (Å²) in [5.41, 5.74) is 1.04. The van der Waals surface area contributed by atoms with Crippen molar-refractivity contribution in [2.75, 3.05) is 33.4 Å². The van der Waals surface area contributed by atoms with E-state index in [4.69, 9.17) is 21.1 Å². The summed E-state index contributed by atoms with van der Waals surface area (Å²) in [4.78, 5) is 11.0. The van der Waals surface area contributed by atoms with Gasteiger partial charge < -0.3 is 24.3 Å². The number of likely N-dealkylation sites (tertiary alicyclic amines) is 1. The second-order valence-corrected chi connectivity index (χ2v) is 8.05. The number of benzene rings is 1. The smallest absolute Gasteiger partial charge is 0.193 e. The molecule has 2 aromatic rings. The molecule has 8 heteroatoms. The van der Waals surface area contributed by atoms with Gasteiger partial charge in [-0.2, -0.15) is 0 Å². The fourth-order valence-corrected chi connectivity index (χ4v) is 4.28. The highest BCUT2D eigenvalue weighted by molar-refractivity contribution is 6.32. The number of aromatic nitrogens is 2. The van der Waals surface area contributed by atoms with Crippen LogP contribution in [0.2, 0.25) is 5.02 Å². The Morgan fingerprint density at radius 3 is 3.00 bits per heavy atom. The molecule has 2 aliphatic rings. The number of fused-ring (bicyclic) bond motifs is 1. The van der Waals surface area contributed by atoms with Crippen molar-refractivity contribution in [3.05, 3.63) is 41.4 Å². The third-order valence-corrected chi connectivity index (χ3v) is 5.93. The van der Waals surface area contributed by atoms with Crippen LogP contribution in [-0.4, -0.2) is 53.8 Å². The summed E-state index contributed by atoms with van der Waals surface area (Å²) in [6.45, 7) is 6.07. The number of rotatable bonds is 3. The lowest BCUT2D eigenvalue weighted by Crippen LogP contribution is -2.48. The topological polar surface area (TPSA) is 63.9 Å². The van der Waals surface area contributed by atoms with Crippen LogP contribution in [-0.2, 0) is 6.54 Å². The maximum absolute atomic E-state index is 6.43. The second-order valence-electron chi connectivity index (χ2n) is 7.65. The molecule has 0 amide bonds. The quantitative estimate of drug-likeness (QED) is 0.612. The first-order valence-corrected chi connectivity index (χ1v) is 10.5. The van der Waals surface area contributed by atoms with Crippen molar-refractivity contribution >= 4 is 17.6 Å². The number of nitrogens with one attached hydrogen (secondary N) is 1. The molecule has 7 nitrogen and oxygen atoms in total. The van der Waals surface area contributed by atoms with Gasteiger partial charge in [0.2, 0.25) is 0 Å². The van der Waals surface area contributed by atoms with Crippen LogP contribution in [0.1, 0.15) is 31.4 Å². The standard InChI is InChI=1S/C21H28ClN5O2/c1-15-4-6-26(13-18(15)27-7-5-24-14-27)21(23-2)25-12-16-10-17(22)20-19(11-16)28-8-3-9-29-20/h5,7,10-11,14-15,18H,3-4,6,8-9,12-13H2,1-2H3,(H,23,25). The maximum atomic E-state index is 6.43. The predicted molar refractivity (Wildman–Crippen MR) is 114 cm³/mol. The van der Waals surface area contributed by atoms with Gasteiger partial charge in [0.15, 0.2) is 17.5 Å². The number of guanidine groups is 1. The molecular weight excluding hydrogens is 390 g/mol. The number of piperidine rings is 1. The number of ether oxygens (including phenoxy) is 2. The molecule has 0 radical (unpaired) electrons. The van der Waals surface area contributed by atoms with Crippen LogP contribution in [0.3, 0.4) is 0 Å². The van der Waals surface area contributed by atoms with Crippen molar-refractivity contribution in [2.24, 2.45) is 10.9 Å². The monoisotopic (exact) mass is 417 g/mol. The van der Waals surface area contributed by atoms with E-state index in [0.717, 1.165) is 37.5 Å². The Hall–Kier alpha value is -2.41. The average Bonchev–Trinajstić information content (AvgIpc) is 3.14. The van der Waals surface area contributed by atoms with Gasteiger partial charge in [0, 0.05) is 45.5 Å². The van der Waals surface area contributed by atoms with E-state index >= 15 is 0 Å². The van der Waals surface area contributed by atoms with Crippen LogP contribution < -0.4 is 14.8 Å². The zero-order chi connectivity index (χ0) is 20.2. The molecule has 2 atom stereocenters. The maximum Gasteiger partial charge on any atom is 0.193 e. The minimum Gasteiger partial charge on any atom is -0.489 e. The van der Waals surface area contributed by atoms with Crippen LogP contribution in [0.25, 0.3) is 0 Å². The fraction of sp³-hybridized carbons (Fsp3) is 0.524. The Labute approximate surface area is 176 Å². The fourth-order valence-electron chi connectivity index (χ4n) is 3.99. The highest BCUT2D eigenvalue weighted by atomic mass is 35.5. The lowest BCUT2D eigenvalue weighted by molar-refractivity contribution is 0.189. The molecule has 1 N–H and O–H groups in total. The van der Waals surface area contributed by atoms with Gasteiger partial charge in [-0.15, -0.1) is 0 Å². The molecule has 0 aliphatic carbocycles. The zero-order valence-corrected chi connectivity index (χ0v) is 17.7. The van der Waals surface area contributed by atoms with Crippen LogP contribution in [0, 0.1) is 5.92 Å². The number of imidazole rings is 1. The normalized spacial score (nSPS) is 22.3. The SMILES string of the molecule is CN=C(NCc1cc(Cl)c2c(c1)OCCCO2)N1CCC(C)C(n2ccnc2)C1. The van der Waals surface area contributed by atoms with Crippen LogP contribution in [0.5, 0.6) is 11.5 Å². The van der Waals surface area contributed by atoms with Crippen molar-refractivity contribution in [1.82, 2.24) is 19.8 Å². The van der Waals surface area contributed by atoms with Gasteiger partial charge in [-0.1, -0.05) is 18.5 Å². The number of aliphatic imine (C=N–C) groups is 1. The van der Waals surface area contributed by atoms with Gasteiger partial charge in [-0.25, -0.2) is 4.98 Å². The lowest BCUT2D eigenvalue weighted by Gasteiger charge is -2.39. The van der Waals surface area contributed by atoms with Gasteiger partial charge in [-0.3, -0.25) is 4.99 Å². The molecule has 2 unspecified atom stereocenters. The summed E-state index contributed by atoms with van der Waals surface area (Å²) in [5.74, 6) is 2.85. The van der Waals surface area contributed by atoms with Crippen LogP contribution in [0.4, 0.5) is 0 Å². The Morgan fingerprint density at radius 1 is 1.34 bits per heavy atom. The highest BCUT2D eigenvalue weighted by Crippen LogP contribution is 2.38. The molecule has 29 heavy (non-hydrogen) atoms. The summed E-state index contributed by atoms with van der Waals surface area (Å²) in [5, 5.41) is 4.07. The van der Waals surface area contributed by atoms with Gasteiger partial charge in [-0.05, 0) is 30.0 Å². The first-order chi connectivity index (χ1) is 14.2. The van der Waals surface area contributed by atoms with Gasteiger partial charge in [0.1, 0.15) is 0 Å². The third kappa shape index (κ3) is 4.45. The van der Waals surface area contributed by atoms with Crippen molar-refractivity contribution in [1.29, 1.82) is 0 Å². The number of halogens is 1. The Kier molecular flexibility index (Phi) is 6.13. The molecule has 1 fully saturated rings. The van der Waals surface area contributed by atoms with Crippen LogP contribution >= 0.6 is 11.6 Å². The summed E-state index contributed by atoms with van der Waals surface area (Å²) < 4.78 is 13.7. The van der Waals surface area contributed by atoms with Crippen molar-refractivity contribution in [3.63, 3.8) is 0 Å². The molecule has 1 aromatic heterocycles. The number of hydrogen-bond acceptors (Lipinski definition) is 4. The first kappa shape index (κ1) is 19.9. The van der Waals surface area contributed by atoms with Crippen molar-refractivity contribution in [3.8, 4) is 11.5 Å². The summed E-state index contributed by atoms with van der Waals surface area (Å²) in [7, 11) is 1.83. The summed E-state index contributed by atoms with van der Waals surface area (Å²) in [6, 6.07) is 4.32. The largest absolute Gasteiger partial charge is 0.489 e. The zero-order valence-electron chi connectivity index (χ0n) is 17.0. The molecule has 0 saturated carbocycles. The molecule has 2 aliphatic heterocycles. The van der Waals surface area contributed by atoms with E-state index in [9.17, 15) is 0 Å². The summed E-state index contributed by atoms with van der Waals surface area (Å²) in [6.07, 6.45) is 7.75. The molecule has 0 spiro atoms. The summed E-state index contributed by atoms with van der Waals surface area (Å²) >= 11 is 6.43.